The smallest absolute Gasteiger partial charge is 0.309 e. The lowest BCUT2D eigenvalue weighted by Crippen LogP contribution is -2.42. The Morgan fingerprint density at radius 3 is 2.33 bits per heavy atom. The number of amides is 2. The van der Waals surface area contributed by atoms with Gasteiger partial charge in [0.25, 0.3) is 0 Å². The summed E-state index contributed by atoms with van der Waals surface area (Å²) in [4.78, 5) is 22.2. The fourth-order valence-corrected chi connectivity index (χ4v) is 1.02. The minimum atomic E-state index is -0.591. The Hall–Kier alpha value is -1.10. The van der Waals surface area contributed by atoms with E-state index in [1.165, 1.54) is 0 Å². The van der Waals surface area contributed by atoms with Crippen LogP contribution in [0.3, 0.4) is 0 Å². The highest BCUT2D eigenvalue weighted by Crippen LogP contribution is 1.91. The molecule has 3 N–H and O–H groups in total. The van der Waals surface area contributed by atoms with Gasteiger partial charge < -0.3 is 15.7 Å². The highest BCUT2D eigenvalue weighted by Gasteiger charge is 2.12. The molecular weight excluding hydrogens is 196 g/mol. The van der Waals surface area contributed by atoms with Gasteiger partial charge in [-0.1, -0.05) is 0 Å². The fourth-order valence-electron chi connectivity index (χ4n) is 1.02. The van der Waals surface area contributed by atoms with Crippen LogP contribution >= 0.6 is 0 Å². The predicted molar refractivity (Wildman–Crippen MR) is 57.2 cm³/mol. The fraction of sp³-hybridized carbons (Fsp3) is 0.800. The van der Waals surface area contributed by atoms with Gasteiger partial charge >= 0.3 is 11.8 Å². The zero-order chi connectivity index (χ0) is 11.7. The maximum Gasteiger partial charge on any atom is 0.309 e. The highest BCUT2D eigenvalue weighted by atomic mass is 16.3. The summed E-state index contributed by atoms with van der Waals surface area (Å²) in [7, 11) is 0. The van der Waals surface area contributed by atoms with E-state index in [0.717, 1.165) is 19.3 Å². The lowest BCUT2D eigenvalue weighted by molar-refractivity contribution is -0.139. The first kappa shape index (κ1) is 13.9. The zero-order valence-electron chi connectivity index (χ0n) is 9.38. The number of hydrogen-bond acceptors (Lipinski definition) is 3. The summed E-state index contributed by atoms with van der Waals surface area (Å²) in [6.45, 7) is 4.24. The second-order valence-corrected chi connectivity index (χ2v) is 3.67. The van der Waals surface area contributed by atoms with Crippen LogP contribution in [-0.4, -0.2) is 36.1 Å². The van der Waals surface area contributed by atoms with Crippen molar-refractivity contribution in [2.75, 3.05) is 13.2 Å². The maximum absolute atomic E-state index is 11.1. The standard InChI is InChI=1S/C10H20N2O3/c1-8(2)12-10(15)9(14)11-6-4-3-5-7-13/h8,13H,3-7H2,1-2H3,(H,11,14)(H,12,15). The molecule has 0 aliphatic heterocycles. The molecule has 15 heavy (non-hydrogen) atoms. The Kier molecular flexibility index (Phi) is 7.62. The molecule has 0 saturated carbocycles. The van der Waals surface area contributed by atoms with Crippen LogP contribution in [0.4, 0.5) is 0 Å². The van der Waals surface area contributed by atoms with E-state index in [2.05, 4.69) is 10.6 Å². The summed E-state index contributed by atoms with van der Waals surface area (Å²) in [5.41, 5.74) is 0. The quantitative estimate of drug-likeness (QED) is 0.424. The maximum atomic E-state index is 11.1. The number of carbonyl (C=O) groups excluding carboxylic acids is 2. The third-order valence-corrected chi connectivity index (χ3v) is 1.75. The molecule has 0 aromatic heterocycles. The Bertz CT molecular complexity index is 205. The third kappa shape index (κ3) is 7.93. The molecule has 0 fully saturated rings. The largest absolute Gasteiger partial charge is 0.396 e. The van der Waals surface area contributed by atoms with Crippen molar-refractivity contribution in [2.24, 2.45) is 0 Å². The molecule has 5 nitrogen and oxygen atoms in total. The Labute approximate surface area is 90.2 Å². The first-order chi connectivity index (χ1) is 7.07. The van der Waals surface area contributed by atoms with Gasteiger partial charge in [0.2, 0.25) is 0 Å². The van der Waals surface area contributed by atoms with Crippen molar-refractivity contribution >= 4 is 11.8 Å². The first-order valence-corrected chi connectivity index (χ1v) is 5.27. The Morgan fingerprint density at radius 2 is 1.80 bits per heavy atom. The van der Waals surface area contributed by atoms with Gasteiger partial charge in [-0.25, -0.2) is 0 Å². The number of hydrogen-bond donors (Lipinski definition) is 3. The van der Waals surface area contributed by atoms with Gasteiger partial charge in [0.1, 0.15) is 0 Å². The molecule has 0 unspecified atom stereocenters. The molecule has 0 aliphatic carbocycles. The first-order valence-electron chi connectivity index (χ1n) is 5.27. The average molecular weight is 216 g/mol. The predicted octanol–water partition coefficient (Wildman–Crippen LogP) is -0.210. The summed E-state index contributed by atoms with van der Waals surface area (Å²) < 4.78 is 0. The molecule has 0 aliphatic rings. The van der Waals surface area contributed by atoms with E-state index in [1.807, 2.05) is 0 Å². The van der Waals surface area contributed by atoms with E-state index in [4.69, 9.17) is 5.11 Å². The normalized spacial score (nSPS) is 10.1. The van der Waals surface area contributed by atoms with Crippen LogP contribution < -0.4 is 10.6 Å². The van der Waals surface area contributed by atoms with E-state index in [-0.39, 0.29) is 12.6 Å². The van der Waals surface area contributed by atoms with E-state index < -0.39 is 11.8 Å². The van der Waals surface area contributed by atoms with Crippen LogP contribution in [-0.2, 0) is 9.59 Å². The van der Waals surface area contributed by atoms with E-state index >= 15 is 0 Å². The molecule has 88 valence electrons. The van der Waals surface area contributed by atoms with Crippen molar-refractivity contribution in [3.05, 3.63) is 0 Å². The summed E-state index contributed by atoms with van der Waals surface area (Å²) in [5, 5.41) is 13.5. The zero-order valence-corrected chi connectivity index (χ0v) is 9.38. The minimum absolute atomic E-state index is 0.0300. The van der Waals surface area contributed by atoms with Crippen LogP contribution in [0.25, 0.3) is 0 Å². The van der Waals surface area contributed by atoms with E-state index in [1.54, 1.807) is 13.8 Å². The van der Waals surface area contributed by atoms with Crippen molar-refractivity contribution in [2.45, 2.75) is 39.2 Å². The van der Waals surface area contributed by atoms with Crippen LogP contribution in [0.1, 0.15) is 33.1 Å². The number of rotatable bonds is 6. The van der Waals surface area contributed by atoms with E-state index in [0.29, 0.717) is 6.54 Å². The van der Waals surface area contributed by atoms with Gasteiger partial charge in [0.15, 0.2) is 0 Å². The van der Waals surface area contributed by atoms with Crippen molar-refractivity contribution < 1.29 is 14.7 Å². The Balaban J connectivity index is 3.52. The van der Waals surface area contributed by atoms with Crippen LogP contribution in [0.15, 0.2) is 0 Å². The van der Waals surface area contributed by atoms with Gasteiger partial charge in [0, 0.05) is 19.2 Å². The summed E-state index contributed by atoms with van der Waals surface area (Å²) in [5.74, 6) is -1.18. The number of aliphatic hydroxyl groups excluding tert-OH is 1. The van der Waals surface area contributed by atoms with Gasteiger partial charge in [-0.3, -0.25) is 9.59 Å². The van der Waals surface area contributed by atoms with Crippen molar-refractivity contribution in [3.8, 4) is 0 Å². The van der Waals surface area contributed by atoms with Crippen molar-refractivity contribution in [1.82, 2.24) is 10.6 Å². The average Bonchev–Trinajstić information content (AvgIpc) is 2.16. The topological polar surface area (TPSA) is 78.4 Å². The lowest BCUT2D eigenvalue weighted by atomic mass is 10.2. The number of unbranched alkanes of at least 4 members (excludes halogenated alkanes) is 2. The number of carbonyl (C=O) groups is 2. The van der Waals surface area contributed by atoms with Gasteiger partial charge in [0.05, 0.1) is 0 Å². The molecule has 0 bridgehead atoms. The molecule has 0 saturated heterocycles. The lowest BCUT2D eigenvalue weighted by Gasteiger charge is -2.08. The van der Waals surface area contributed by atoms with E-state index in [9.17, 15) is 9.59 Å². The molecule has 0 aromatic rings. The molecule has 5 heteroatoms. The molecular formula is C10H20N2O3. The number of nitrogens with one attached hydrogen (secondary N) is 2. The molecule has 0 rings (SSSR count). The molecule has 0 atom stereocenters. The summed E-state index contributed by atoms with van der Waals surface area (Å²) in [6.07, 6.45) is 2.36. The molecule has 0 heterocycles. The molecule has 2 amide bonds. The SMILES string of the molecule is CC(C)NC(=O)C(=O)NCCCCCO. The van der Waals surface area contributed by atoms with Gasteiger partial charge in [-0.05, 0) is 33.1 Å². The van der Waals surface area contributed by atoms with Crippen molar-refractivity contribution in [1.29, 1.82) is 0 Å². The second kappa shape index (κ2) is 8.23. The molecule has 0 radical (unpaired) electrons. The molecule has 0 spiro atoms. The van der Waals surface area contributed by atoms with Crippen LogP contribution in [0, 0.1) is 0 Å². The van der Waals surface area contributed by atoms with Crippen LogP contribution in [0.2, 0.25) is 0 Å². The monoisotopic (exact) mass is 216 g/mol. The third-order valence-electron chi connectivity index (χ3n) is 1.75. The second-order valence-electron chi connectivity index (χ2n) is 3.67. The Morgan fingerprint density at radius 1 is 1.13 bits per heavy atom. The van der Waals surface area contributed by atoms with Gasteiger partial charge in [-0.2, -0.15) is 0 Å². The van der Waals surface area contributed by atoms with Crippen LogP contribution in [0.5, 0.6) is 0 Å². The highest BCUT2D eigenvalue weighted by molar-refractivity contribution is 6.35. The van der Waals surface area contributed by atoms with Crippen molar-refractivity contribution in [3.63, 3.8) is 0 Å². The minimum Gasteiger partial charge on any atom is -0.396 e. The summed E-state index contributed by atoms with van der Waals surface area (Å²) >= 11 is 0. The summed E-state index contributed by atoms with van der Waals surface area (Å²) in [6, 6.07) is -0.0300. The molecule has 0 aromatic carbocycles. The number of aliphatic hydroxyl groups is 1. The van der Waals surface area contributed by atoms with Gasteiger partial charge in [-0.15, -0.1) is 0 Å².